The molecule has 0 amide bonds. The summed E-state index contributed by atoms with van der Waals surface area (Å²) in [6, 6.07) is 0. The van der Waals surface area contributed by atoms with E-state index in [1.165, 1.54) is 32.1 Å². The maximum atomic E-state index is 3.31. The standard InChI is InChI=1S/C10H17N/c1-11-9-5-8-10-6-3-2-4-7-10/h10-11H,2-4,6-7,9H2,1H3. The number of hydrogen-bond acceptors (Lipinski definition) is 1. The van der Waals surface area contributed by atoms with Crippen LogP contribution in [0, 0.1) is 17.8 Å². The lowest BCUT2D eigenvalue weighted by Crippen LogP contribution is -2.07. The Morgan fingerprint density at radius 2 is 2.00 bits per heavy atom. The minimum absolute atomic E-state index is 0.706. The highest BCUT2D eigenvalue weighted by Gasteiger charge is 2.09. The Balaban J connectivity index is 2.19. The molecule has 0 aromatic rings. The zero-order valence-electron chi connectivity index (χ0n) is 7.32. The van der Waals surface area contributed by atoms with Crippen molar-refractivity contribution in [3.63, 3.8) is 0 Å². The van der Waals surface area contributed by atoms with E-state index in [9.17, 15) is 0 Å². The summed E-state index contributed by atoms with van der Waals surface area (Å²) in [5.41, 5.74) is 0. The molecule has 62 valence electrons. The van der Waals surface area contributed by atoms with Crippen LogP contribution in [0.4, 0.5) is 0 Å². The molecule has 1 aliphatic carbocycles. The van der Waals surface area contributed by atoms with Gasteiger partial charge >= 0.3 is 0 Å². The molecule has 0 unspecified atom stereocenters. The van der Waals surface area contributed by atoms with Gasteiger partial charge in [-0.25, -0.2) is 0 Å². The Morgan fingerprint density at radius 1 is 1.27 bits per heavy atom. The van der Waals surface area contributed by atoms with Crippen LogP contribution in [0.25, 0.3) is 0 Å². The molecule has 1 N–H and O–H groups in total. The lowest BCUT2D eigenvalue weighted by molar-refractivity contribution is 0.430. The van der Waals surface area contributed by atoms with E-state index in [4.69, 9.17) is 0 Å². The molecule has 1 nitrogen and oxygen atoms in total. The minimum atomic E-state index is 0.706. The fourth-order valence-corrected chi connectivity index (χ4v) is 1.53. The van der Waals surface area contributed by atoms with E-state index in [0.29, 0.717) is 5.92 Å². The SMILES string of the molecule is CNCC#CC1CCCCC1. The molecular weight excluding hydrogens is 134 g/mol. The highest BCUT2D eigenvalue weighted by molar-refractivity contribution is 5.05. The van der Waals surface area contributed by atoms with Gasteiger partial charge in [-0.3, -0.25) is 0 Å². The molecule has 11 heavy (non-hydrogen) atoms. The van der Waals surface area contributed by atoms with Crippen LogP contribution in [0.3, 0.4) is 0 Å². The Hall–Kier alpha value is -0.480. The average Bonchev–Trinajstić information content (AvgIpc) is 2.07. The van der Waals surface area contributed by atoms with Crippen LogP contribution in [0.1, 0.15) is 32.1 Å². The molecule has 1 heteroatoms. The maximum Gasteiger partial charge on any atom is 0.0574 e. The van der Waals surface area contributed by atoms with Gasteiger partial charge in [-0.1, -0.05) is 31.1 Å². The van der Waals surface area contributed by atoms with Gasteiger partial charge in [0, 0.05) is 5.92 Å². The van der Waals surface area contributed by atoms with Gasteiger partial charge in [-0.15, -0.1) is 0 Å². The predicted molar refractivity (Wildman–Crippen MR) is 48.3 cm³/mol. The second-order valence-corrected chi connectivity index (χ2v) is 3.19. The average molecular weight is 151 g/mol. The monoisotopic (exact) mass is 151 g/mol. The summed E-state index contributed by atoms with van der Waals surface area (Å²) < 4.78 is 0. The number of hydrogen-bond donors (Lipinski definition) is 1. The van der Waals surface area contributed by atoms with Crippen LogP contribution in [0.15, 0.2) is 0 Å². The first-order chi connectivity index (χ1) is 5.43. The summed E-state index contributed by atoms with van der Waals surface area (Å²) in [6.45, 7) is 0.844. The Bertz CT molecular complexity index is 146. The Kier molecular flexibility index (Phi) is 4.08. The maximum absolute atomic E-state index is 3.31. The molecule has 0 atom stereocenters. The summed E-state index contributed by atoms with van der Waals surface area (Å²) in [6.07, 6.45) is 6.86. The van der Waals surface area contributed by atoms with Crippen LogP contribution < -0.4 is 5.32 Å². The van der Waals surface area contributed by atoms with Crippen LogP contribution >= 0.6 is 0 Å². The number of rotatable bonds is 1. The third-order valence-electron chi connectivity index (χ3n) is 2.18. The zero-order valence-corrected chi connectivity index (χ0v) is 7.32. The van der Waals surface area contributed by atoms with Gasteiger partial charge in [0.25, 0.3) is 0 Å². The van der Waals surface area contributed by atoms with Crippen molar-refractivity contribution in [2.24, 2.45) is 5.92 Å². The molecule has 0 aliphatic heterocycles. The molecule has 0 saturated heterocycles. The largest absolute Gasteiger partial charge is 0.309 e. The normalized spacial score (nSPS) is 19.0. The summed E-state index contributed by atoms with van der Waals surface area (Å²) in [7, 11) is 1.94. The molecule has 0 aromatic carbocycles. The van der Waals surface area contributed by atoms with Crippen molar-refractivity contribution in [2.45, 2.75) is 32.1 Å². The molecule has 0 aromatic heterocycles. The van der Waals surface area contributed by atoms with E-state index < -0.39 is 0 Å². The highest BCUT2D eigenvalue weighted by Crippen LogP contribution is 2.22. The molecule has 1 aliphatic rings. The number of nitrogens with one attached hydrogen (secondary N) is 1. The van der Waals surface area contributed by atoms with Gasteiger partial charge in [0.1, 0.15) is 0 Å². The van der Waals surface area contributed by atoms with Crippen LogP contribution in [-0.4, -0.2) is 13.6 Å². The van der Waals surface area contributed by atoms with Gasteiger partial charge in [0.15, 0.2) is 0 Å². The van der Waals surface area contributed by atoms with Crippen LogP contribution in [0.5, 0.6) is 0 Å². The predicted octanol–water partition coefficient (Wildman–Crippen LogP) is 1.79. The topological polar surface area (TPSA) is 12.0 Å². The summed E-state index contributed by atoms with van der Waals surface area (Å²) in [5.74, 6) is 7.16. The van der Waals surface area contributed by atoms with Crippen molar-refractivity contribution in [1.29, 1.82) is 0 Å². The van der Waals surface area contributed by atoms with Gasteiger partial charge < -0.3 is 5.32 Å². The summed E-state index contributed by atoms with van der Waals surface area (Å²) in [5, 5.41) is 3.03. The highest BCUT2D eigenvalue weighted by atomic mass is 14.8. The molecule has 1 rings (SSSR count). The first kappa shape index (κ1) is 8.62. The van der Waals surface area contributed by atoms with Gasteiger partial charge in [0.2, 0.25) is 0 Å². The summed E-state index contributed by atoms with van der Waals surface area (Å²) >= 11 is 0. The smallest absolute Gasteiger partial charge is 0.0574 e. The lowest BCUT2D eigenvalue weighted by Gasteiger charge is -2.15. The van der Waals surface area contributed by atoms with E-state index in [1.54, 1.807) is 0 Å². The zero-order chi connectivity index (χ0) is 7.94. The Labute approximate surface area is 69.6 Å². The van der Waals surface area contributed by atoms with Crippen LogP contribution in [-0.2, 0) is 0 Å². The fourth-order valence-electron chi connectivity index (χ4n) is 1.53. The second-order valence-electron chi connectivity index (χ2n) is 3.19. The van der Waals surface area contributed by atoms with Crippen molar-refractivity contribution < 1.29 is 0 Å². The molecule has 0 bridgehead atoms. The van der Waals surface area contributed by atoms with Crippen molar-refractivity contribution in [2.75, 3.05) is 13.6 Å². The van der Waals surface area contributed by atoms with Crippen molar-refractivity contribution in [3.8, 4) is 11.8 Å². The van der Waals surface area contributed by atoms with Crippen molar-refractivity contribution in [3.05, 3.63) is 0 Å². The second kappa shape index (κ2) is 5.21. The quantitative estimate of drug-likeness (QED) is 0.563. The molecule has 0 radical (unpaired) electrons. The van der Waals surface area contributed by atoms with Gasteiger partial charge in [0.05, 0.1) is 6.54 Å². The first-order valence-electron chi connectivity index (χ1n) is 4.56. The van der Waals surface area contributed by atoms with Gasteiger partial charge in [-0.2, -0.15) is 0 Å². The lowest BCUT2D eigenvalue weighted by atomic mass is 9.90. The van der Waals surface area contributed by atoms with Gasteiger partial charge in [-0.05, 0) is 19.9 Å². The molecule has 1 saturated carbocycles. The van der Waals surface area contributed by atoms with Crippen LogP contribution in [0.2, 0.25) is 0 Å². The van der Waals surface area contributed by atoms with Crippen molar-refractivity contribution >= 4 is 0 Å². The van der Waals surface area contributed by atoms with E-state index in [-0.39, 0.29) is 0 Å². The van der Waals surface area contributed by atoms with E-state index in [2.05, 4.69) is 17.2 Å². The first-order valence-corrected chi connectivity index (χ1v) is 4.56. The Morgan fingerprint density at radius 3 is 2.64 bits per heavy atom. The molecule has 1 fully saturated rings. The van der Waals surface area contributed by atoms with E-state index in [1.807, 2.05) is 7.05 Å². The molecule has 0 spiro atoms. The molecular formula is C10H17N. The summed E-state index contributed by atoms with van der Waals surface area (Å²) in [4.78, 5) is 0. The molecule has 0 heterocycles. The van der Waals surface area contributed by atoms with E-state index in [0.717, 1.165) is 6.54 Å². The third-order valence-corrected chi connectivity index (χ3v) is 2.18. The van der Waals surface area contributed by atoms with Crippen molar-refractivity contribution in [1.82, 2.24) is 5.32 Å². The fraction of sp³-hybridized carbons (Fsp3) is 0.800. The minimum Gasteiger partial charge on any atom is -0.309 e. The third kappa shape index (κ3) is 3.43. The van der Waals surface area contributed by atoms with E-state index >= 15 is 0 Å².